The first-order valence-corrected chi connectivity index (χ1v) is 6.77. The van der Waals surface area contributed by atoms with E-state index in [4.69, 9.17) is 4.74 Å². The highest BCUT2D eigenvalue weighted by molar-refractivity contribution is 6.08. The third-order valence-electron chi connectivity index (χ3n) is 2.81. The summed E-state index contributed by atoms with van der Waals surface area (Å²) in [5, 5.41) is 0.962. The minimum atomic E-state index is -1.32. The van der Waals surface area contributed by atoms with Gasteiger partial charge >= 0.3 is 0 Å². The van der Waals surface area contributed by atoms with Gasteiger partial charge in [0.2, 0.25) is 12.2 Å². The highest BCUT2D eigenvalue weighted by Gasteiger charge is 2.26. The molecular weight excluding hydrogens is 284 g/mol. The molecule has 117 valence electrons. The van der Waals surface area contributed by atoms with E-state index in [-0.39, 0.29) is 0 Å². The van der Waals surface area contributed by atoms with Crippen LogP contribution < -0.4 is 5.43 Å². The van der Waals surface area contributed by atoms with E-state index in [9.17, 15) is 14.4 Å². The maximum absolute atomic E-state index is 12.1. The number of nitrogens with zero attached hydrogens (tertiary/aromatic N) is 1. The number of amides is 1. The van der Waals surface area contributed by atoms with Crippen LogP contribution in [0.25, 0.3) is 6.08 Å². The summed E-state index contributed by atoms with van der Waals surface area (Å²) in [6.07, 6.45) is 4.44. The maximum atomic E-state index is 12.1. The van der Waals surface area contributed by atoms with Crippen LogP contribution in [0, 0.1) is 0 Å². The molecule has 1 atom stereocenters. The fourth-order valence-electron chi connectivity index (χ4n) is 1.72. The van der Waals surface area contributed by atoms with Crippen molar-refractivity contribution < 1.29 is 19.1 Å². The molecule has 1 unspecified atom stereocenters. The van der Waals surface area contributed by atoms with E-state index in [1.807, 2.05) is 30.3 Å². The predicted molar refractivity (Wildman–Crippen MR) is 82.4 cm³/mol. The van der Waals surface area contributed by atoms with Crippen molar-refractivity contribution in [3.63, 3.8) is 0 Å². The van der Waals surface area contributed by atoms with E-state index >= 15 is 0 Å². The van der Waals surface area contributed by atoms with E-state index in [1.54, 1.807) is 12.4 Å². The largest absolute Gasteiger partial charge is 0.383 e. The van der Waals surface area contributed by atoms with Crippen LogP contribution in [0.1, 0.15) is 12.5 Å². The standard InChI is InChI=1S/C16H19N2O4/c1-13(20)18(17-10-11-22-2)15(12-19)16(21)9-8-14-6-4-3-5-7-14/h3-9,15,17H,10-11H2,1-2H3. The molecule has 0 aromatic heterocycles. The van der Waals surface area contributed by atoms with Gasteiger partial charge in [-0.1, -0.05) is 36.4 Å². The van der Waals surface area contributed by atoms with Gasteiger partial charge in [0, 0.05) is 20.6 Å². The average Bonchev–Trinajstić information content (AvgIpc) is 2.53. The molecule has 0 bridgehead atoms. The Kier molecular flexibility index (Phi) is 7.74. The van der Waals surface area contributed by atoms with Gasteiger partial charge in [-0.3, -0.25) is 19.4 Å². The number of hydrazine groups is 1. The Hall–Kier alpha value is -2.31. The quantitative estimate of drug-likeness (QED) is 0.315. The molecule has 0 saturated heterocycles. The minimum absolute atomic E-state index is 0.296. The minimum Gasteiger partial charge on any atom is -0.383 e. The Labute approximate surface area is 129 Å². The number of hydrogen-bond donors (Lipinski definition) is 1. The molecule has 0 aliphatic heterocycles. The van der Waals surface area contributed by atoms with Crippen LogP contribution in [-0.4, -0.2) is 49.3 Å². The van der Waals surface area contributed by atoms with Crippen molar-refractivity contribution in [1.29, 1.82) is 0 Å². The molecule has 0 heterocycles. The van der Waals surface area contributed by atoms with E-state index in [1.165, 1.54) is 20.1 Å². The third kappa shape index (κ3) is 5.59. The lowest BCUT2D eigenvalue weighted by Crippen LogP contribution is -2.53. The molecule has 6 nitrogen and oxygen atoms in total. The molecule has 0 aliphatic rings. The SMILES string of the molecule is COCCNN(C(C)=O)C([C]=O)C(=O)C=Cc1ccccc1. The van der Waals surface area contributed by atoms with Gasteiger partial charge in [0.25, 0.3) is 0 Å². The highest BCUT2D eigenvalue weighted by Crippen LogP contribution is 2.04. The lowest BCUT2D eigenvalue weighted by atomic mass is 10.1. The number of ether oxygens (including phenoxy) is 1. The van der Waals surface area contributed by atoms with Crippen LogP contribution in [0.15, 0.2) is 36.4 Å². The van der Waals surface area contributed by atoms with Gasteiger partial charge in [-0.2, -0.15) is 0 Å². The van der Waals surface area contributed by atoms with Crippen molar-refractivity contribution in [1.82, 2.24) is 10.4 Å². The second-order valence-electron chi connectivity index (χ2n) is 4.46. The van der Waals surface area contributed by atoms with Crippen molar-refractivity contribution in [2.45, 2.75) is 13.0 Å². The molecular formula is C16H19N2O4. The maximum Gasteiger partial charge on any atom is 0.234 e. The summed E-state index contributed by atoms with van der Waals surface area (Å²) in [6, 6.07) is 7.85. The summed E-state index contributed by atoms with van der Waals surface area (Å²) in [7, 11) is 1.51. The third-order valence-corrected chi connectivity index (χ3v) is 2.81. The Morgan fingerprint density at radius 1 is 1.36 bits per heavy atom. The van der Waals surface area contributed by atoms with Gasteiger partial charge in [-0.05, 0) is 11.6 Å². The molecule has 1 amide bonds. The zero-order valence-corrected chi connectivity index (χ0v) is 12.6. The topological polar surface area (TPSA) is 75.7 Å². The van der Waals surface area contributed by atoms with Gasteiger partial charge in [-0.15, -0.1) is 0 Å². The van der Waals surface area contributed by atoms with Crippen LogP contribution in [0.2, 0.25) is 0 Å². The number of methoxy groups -OCH3 is 1. The number of ketones is 1. The van der Waals surface area contributed by atoms with E-state index in [0.29, 0.717) is 13.2 Å². The van der Waals surface area contributed by atoms with Gasteiger partial charge in [0.15, 0.2) is 11.8 Å². The second kappa shape index (κ2) is 9.59. The van der Waals surface area contributed by atoms with Gasteiger partial charge in [-0.25, -0.2) is 5.43 Å². The molecule has 0 spiro atoms. The normalized spacial score (nSPS) is 12.1. The number of nitrogens with one attached hydrogen (secondary N) is 1. The molecule has 0 fully saturated rings. The Bertz CT molecular complexity index is 528. The first-order valence-electron chi connectivity index (χ1n) is 6.77. The molecule has 1 aromatic carbocycles. The number of carbonyl (C=O) groups is 2. The lowest BCUT2D eigenvalue weighted by molar-refractivity contribution is -0.137. The molecule has 1 radical (unpaired) electrons. The van der Waals surface area contributed by atoms with Crippen molar-refractivity contribution in [3.05, 3.63) is 42.0 Å². The van der Waals surface area contributed by atoms with Crippen LogP contribution in [0.3, 0.4) is 0 Å². The molecule has 22 heavy (non-hydrogen) atoms. The molecule has 1 rings (SSSR count). The van der Waals surface area contributed by atoms with Crippen molar-refractivity contribution >= 4 is 24.1 Å². The first-order chi connectivity index (χ1) is 10.6. The zero-order chi connectivity index (χ0) is 16.4. The van der Waals surface area contributed by atoms with Gasteiger partial charge in [0.05, 0.1) is 6.61 Å². The summed E-state index contributed by atoms with van der Waals surface area (Å²) < 4.78 is 4.85. The first kappa shape index (κ1) is 17.7. The van der Waals surface area contributed by atoms with Crippen LogP contribution in [0.5, 0.6) is 0 Å². The molecule has 0 aliphatic carbocycles. The van der Waals surface area contributed by atoms with E-state index in [2.05, 4.69) is 5.43 Å². The Balaban J connectivity index is 2.78. The average molecular weight is 303 g/mol. The van der Waals surface area contributed by atoms with Crippen molar-refractivity contribution in [3.8, 4) is 0 Å². The van der Waals surface area contributed by atoms with Crippen LogP contribution >= 0.6 is 0 Å². The molecule has 1 aromatic rings. The summed E-state index contributed by atoms with van der Waals surface area (Å²) in [5.74, 6) is -0.982. The van der Waals surface area contributed by atoms with E-state index < -0.39 is 17.7 Å². The fraction of sp³-hybridized carbons (Fsp3) is 0.312. The summed E-state index contributed by atoms with van der Waals surface area (Å²) >= 11 is 0. The summed E-state index contributed by atoms with van der Waals surface area (Å²) in [4.78, 5) is 34.8. The lowest BCUT2D eigenvalue weighted by Gasteiger charge is -2.25. The summed E-state index contributed by atoms with van der Waals surface area (Å²) in [6.45, 7) is 1.89. The number of carbonyl (C=O) groups excluding carboxylic acids is 3. The van der Waals surface area contributed by atoms with Gasteiger partial charge < -0.3 is 4.74 Å². The molecule has 6 heteroatoms. The van der Waals surface area contributed by atoms with Gasteiger partial charge in [0.1, 0.15) is 0 Å². The van der Waals surface area contributed by atoms with Crippen molar-refractivity contribution in [2.24, 2.45) is 0 Å². The van der Waals surface area contributed by atoms with Crippen LogP contribution in [-0.2, 0) is 19.1 Å². The van der Waals surface area contributed by atoms with Crippen LogP contribution in [0.4, 0.5) is 0 Å². The fourth-order valence-corrected chi connectivity index (χ4v) is 1.72. The summed E-state index contributed by atoms with van der Waals surface area (Å²) in [5.41, 5.74) is 3.51. The molecule has 0 saturated carbocycles. The number of benzene rings is 1. The monoisotopic (exact) mass is 303 g/mol. The van der Waals surface area contributed by atoms with E-state index in [0.717, 1.165) is 10.6 Å². The Morgan fingerprint density at radius 2 is 2.05 bits per heavy atom. The number of rotatable bonds is 9. The second-order valence-corrected chi connectivity index (χ2v) is 4.46. The zero-order valence-electron chi connectivity index (χ0n) is 12.6. The number of hydrogen-bond acceptors (Lipinski definition) is 5. The highest BCUT2D eigenvalue weighted by atomic mass is 16.5. The predicted octanol–water partition coefficient (Wildman–Crippen LogP) is 0.747. The van der Waals surface area contributed by atoms with Crippen molar-refractivity contribution in [2.75, 3.05) is 20.3 Å². The molecule has 1 N–H and O–H groups in total. The Morgan fingerprint density at radius 3 is 2.59 bits per heavy atom. The smallest absolute Gasteiger partial charge is 0.234 e.